The van der Waals surface area contributed by atoms with E-state index in [1.165, 1.54) is 141 Å². The van der Waals surface area contributed by atoms with Crippen molar-refractivity contribution in [3.63, 3.8) is 0 Å². The van der Waals surface area contributed by atoms with Gasteiger partial charge in [0.15, 0.2) is 0 Å². The fourth-order valence-electron chi connectivity index (χ4n) is 4.01. The molecule has 0 fully saturated rings. The Labute approximate surface area is 186 Å². The third kappa shape index (κ3) is 27.5. The summed E-state index contributed by atoms with van der Waals surface area (Å²) in [4.78, 5) is 0. The van der Waals surface area contributed by atoms with Gasteiger partial charge in [-0.3, -0.25) is 0 Å². The van der Waals surface area contributed by atoms with Gasteiger partial charge in [0.05, 0.1) is 0 Å². The number of rotatable bonds is 24. The molecule has 0 heteroatoms. The molecule has 0 rings (SSSR count). The zero-order valence-corrected chi connectivity index (χ0v) is 20.6. The Morgan fingerprint density at radius 3 is 0.966 bits per heavy atom. The van der Waals surface area contributed by atoms with E-state index in [-0.39, 0.29) is 0 Å². The predicted molar refractivity (Wildman–Crippen MR) is 136 cm³/mol. The highest BCUT2D eigenvalue weighted by Gasteiger charge is 1.94. The van der Waals surface area contributed by atoms with Crippen LogP contribution < -0.4 is 0 Å². The fraction of sp³-hybridized carbons (Fsp3) is 0.862. The molecule has 0 spiro atoms. The van der Waals surface area contributed by atoms with E-state index in [1.54, 1.807) is 0 Å². The van der Waals surface area contributed by atoms with Crippen molar-refractivity contribution in [2.24, 2.45) is 0 Å². The molecule has 29 heavy (non-hydrogen) atoms. The maximum atomic E-state index is 2.39. The summed E-state index contributed by atoms with van der Waals surface area (Å²) in [6, 6.07) is 0. The van der Waals surface area contributed by atoms with E-state index >= 15 is 0 Å². The van der Waals surface area contributed by atoms with Crippen LogP contribution in [-0.2, 0) is 0 Å². The van der Waals surface area contributed by atoms with Crippen LogP contribution in [0, 0.1) is 0 Å². The minimum absolute atomic E-state index is 1.13. The summed E-state index contributed by atoms with van der Waals surface area (Å²) in [6.07, 6.45) is 41.9. The minimum Gasteiger partial charge on any atom is -0.0882 e. The Balaban J connectivity index is 3.09. The van der Waals surface area contributed by atoms with Gasteiger partial charge >= 0.3 is 0 Å². The molecule has 0 aliphatic heterocycles. The van der Waals surface area contributed by atoms with Crippen LogP contribution in [0.2, 0.25) is 0 Å². The first-order chi connectivity index (χ1) is 14.4. The molecule has 0 amide bonds. The van der Waals surface area contributed by atoms with Gasteiger partial charge in [-0.2, -0.15) is 0 Å². The average Bonchev–Trinajstić information content (AvgIpc) is 2.74. The third-order valence-electron chi connectivity index (χ3n) is 6.05. The molecule has 0 heterocycles. The lowest BCUT2D eigenvalue weighted by atomic mass is 10.0. The van der Waals surface area contributed by atoms with Gasteiger partial charge in [0.25, 0.3) is 0 Å². The van der Waals surface area contributed by atoms with Gasteiger partial charge in [-0.1, -0.05) is 154 Å². The molecule has 0 aromatic rings. The summed E-state index contributed by atoms with van der Waals surface area (Å²) < 4.78 is 0. The lowest BCUT2D eigenvalue weighted by molar-refractivity contribution is 0.527. The van der Waals surface area contributed by atoms with Crippen molar-refractivity contribution < 1.29 is 0 Å². The van der Waals surface area contributed by atoms with Crippen LogP contribution in [0.5, 0.6) is 0 Å². The van der Waals surface area contributed by atoms with Crippen molar-refractivity contribution >= 4 is 0 Å². The Morgan fingerprint density at radius 2 is 0.586 bits per heavy atom. The second-order valence-electron chi connectivity index (χ2n) is 9.12. The molecule has 0 nitrogen and oxygen atoms in total. The van der Waals surface area contributed by atoms with Crippen LogP contribution >= 0.6 is 0 Å². The average molecular weight is 405 g/mol. The molecule has 0 saturated heterocycles. The SMILES string of the molecule is CCCCC/C=C\C/C=C\CCCCCCCCCCCCCCCCCCC. The highest BCUT2D eigenvalue weighted by Crippen LogP contribution is 2.14. The molecule has 0 radical (unpaired) electrons. The van der Waals surface area contributed by atoms with E-state index in [0.717, 1.165) is 6.42 Å². The van der Waals surface area contributed by atoms with Gasteiger partial charge in [0, 0.05) is 0 Å². The quantitative estimate of drug-likeness (QED) is 0.111. The zero-order chi connectivity index (χ0) is 21.1. The van der Waals surface area contributed by atoms with E-state index in [0.29, 0.717) is 0 Å². The second-order valence-corrected chi connectivity index (χ2v) is 9.12. The molecule has 0 atom stereocenters. The standard InChI is InChI=1S/C29H56/c1-3-5-7-9-11-13-15-17-19-21-23-25-27-29-28-26-24-22-20-18-16-14-12-10-8-6-4-2/h11,13,17,19H,3-10,12,14-16,18,20-29H2,1-2H3/b13-11-,19-17-. The molecule has 172 valence electrons. The summed E-state index contributed by atoms with van der Waals surface area (Å²) in [5.41, 5.74) is 0. The Kier molecular flexibility index (Phi) is 27.0. The first-order valence-electron chi connectivity index (χ1n) is 13.7. The zero-order valence-electron chi connectivity index (χ0n) is 20.6. The molecular weight excluding hydrogens is 348 g/mol. The maximum Gasteiger partial charge on any atom is -0.0169 e. The summed E-state index contributed by atoms with van der Waals surface area (Å²) in [5.74, 6) is 0. The topological polar surface area (TPSA) is 0 Å². The van der Waals surface area contributed by atoms with E-state index in [2.05, 4.69) is 38.2 Å². The molecule has 0 aliphatic rings. The Bertz CT molecular complexity index is 325. The monoisotopic (exact) mass is 404 g/mol. The first kappa shape index (κ1) is 28.5. The van der Waals surface area contributed by atoms with E-state index < -0.39 is 0 Å². The van der Waals surface area contributed by atoms with Crippen LogP contribution in [-0.4, -0.2) is 0 Å². The fourth-order valence-corrected chi connectivity index (χ4v) is 4.01. The number of allylic oxidation sites excluding steroid dienone is 4. The van der Waals surface area contributed by atoms with Crippen LogP contribution in [0.3, 0.4) is 0 Å². The highest BCUT2D eigenvalue weighted by atomic mass is 14.0. The normalized spacial score (nSPS) is 11.9. The third-order valence-corrected chi connectivity index (χ3v) is 6.05. The molecule has 0 unspecified atom stereocenters. The van der Waals surface area contributed by atoms with Crippen molar-refractivity contribution in [3.8, 4) is 0 Å². The summed E-state index contributed by atoms with van der Waals surface area (Å²) in [6.45, 7) is 4.57. The van der Waals surface area contributed by atoms with E-state index in [4.69, 9.17) is 0 Å². The molecular formula is C29H56. The Morgan fingerprint density at radius 1 is 0.310 bits per heavy atom. The number of hydrogen-bond donors (Lipinski definition) is 0. The van der Waals surface area contributed by atoms with Gasteiger partial charge in [-0.25, -0.2) is 0 Å². The minimum atomic E-state index is 1.13. The van der Waals surface area contributed by atoms with Crippen LogP contribution in [0.25, 0.3) is 0 Å². The largest absolute Gasteiger partial charge is 0.0882 e. The highest BCUT2D eigenvalue weighted by molar-refractivity contribution is 4.92. The molecule has 0 N–H and O–H groups in total. The van der Waals surface area contributed by atoms with Crippen molar-refractivity contribution in [2.45, 2.75) is 162 Å². The van der Waals surface area contributed by atoms with E-state index in [1.807, 2.05) is 0 Å². The van der Waals surface area contributed by atoms with Gasteiger partial charge in [-0.15, -0.1) is 0 Å². The van der Waals surface area contributed by atoms with Crippen LogP contribution in [0.15, 0.2) is 24.3 Å². The summed E-state index contributed by atoms with van der Waals surface area (Å²) >= 11 is 0. The molecule has 0 saturated carbocycles. The predicted octanol–water partition coefficient (Wildman–Crippen LogP) is 11.1. The van der Waals surface area contributed by atoms with Gasteiger partial charge in [-0.05, 0) is 32.1 Å². The molecule has 0 aromatic heterocycles. The van der Waals surface area contributed by atoms with Crippen LogP contribution in [0.4, 0.5) is 0 Å². The molecule has 0 bridgehead atoms. The van der Waals surface area contributed by atoms with Gasteiger partial charge in [0.1, 0.15) is 0 Å². The number of hydrogen-bond acceptors (Lipinski definition) is 0. The lowest BCUT2D eigenvalue weighted by Crippen LogP contribution is -1.83. The van der Waals surface area contributed by atoms with Crippen LogP contribution in [0.1, 0.15) is 162 Å². The first-order valence-corrected chi connectivity index (χ1v) is 13.7. The molecule has 0 aliphatic carbocycles. The molecule has 0 aromatic carbocycles. The van der Waals surface area contributed by atoms with Gasteiger partial charge < -0.3 is 0 Å². The van der Waals surface area contributed by atoms with Crippen molar-refractivity contribution in [1.82, 2.24) is 0 Å². The summed E-state index contributed by atoms with van der Waals surface area (Å²) in [5, 5.41) is 0. The van der Waals surface area contributed by atoms with Gasteiger partial charge in [0.2, 0.25) is 0 Å². The lowest BCUT2D eigenvalue weighted by Gasteiger charge is -2.03. The smallest absolute Gasteiger partial charge is 0.0169 e. The number of unbranched alkanes of at least 4 members (excludes halogenated alkanes) is 20. The summed E-state index contributed by atoms with van der Waals surface area (Å²) in [7, 11) is 0. The van der Waals surface area contributed by atoms with Crippen molar-refractivity contribution in [3.05, 3.63) is 24.3 Å². The second kappa shape index (κ2) is 27.5. The van der Waals surface area contributed by atoms with E-state index in [9.17, 15) is 0 Å². The Hall–Kier alpha value is -0.520. The maximum absolute atomic E-state index is 2.39. The van der Waals surface area contributed by atoms with Crippen molar-refractivity contribution in [2.75, 3.05) is 0 Å². The van der Waals surface area contributed by atoms with Crippen molar-refractivity contribution in [1.29, 1.82) is 0 Å².